The van der Waals surface area contributed by atoms with Gasteiger partial charge >= 0.3 is 6.03 Å². The Balaban J connectivity index is 1.88. The first-order valence-corrected chi connectivity index (χ1v) is 14.2. The lowest BCUT2D eigenvalue weighted by Crippen LogP contribution is -2.54. The van der Waals surface area contributed by atoms with E-state index in [1.807, 2.05) is 13.8 Å². The van der Waals surface area contributed by atoms with Gasteiger partial charge in [0, 0.05) is 56.0 Å². The van der Waals surface area contributed by atoms with E-state index >= 15 is 0 Å². The molecule has 1 heterocycles. The summed E-state index contributed by atoms with van der Waals surface area (Å²) < 4.78 is 0. The zero-order valence-electron chi connectivity index (χ0n) is 24.7. The molecular formula is C29H41N7O7. The number of nitrogens with two attached hydrogens (primary N) is 1. The van der Waals surface area contributed by atoms with Crippen LogP contribution in [0.2, 0.25) is 0 Å². The highest BCUT2D eigenvalue weighted by Crippen LogP contribution is 2.12. The minimum Gasteiger partial charge on any atom is -0.355 e. The number of hydrogen-bond acceptors (Lipinski definition) is 8. The number of hydrogen-bond donors (Lipinski definition) is 6. The van der Waals surface area contributed by atoms with Gasteiger partial charge < -0.3 is 32.3 Å². The summed E-state index contributed by atoms with van der Waals surface area (Å²) in [5.74, 6) is -2.18. The molecular weight excluding hydrogens is 558 g/mol. The third kappa shape index (κ3) is 12.0. The van der Waals surface area contributed by atoms with Crippen molar-refractivity contribution < 1.29 is 33.6 Å². The number of urea groups is 1. The minimum atomic E-state index is -0.929. The fourth-order valence-corrected chi connectivity index (χ4v) is 4.26. The molecule has 1 aromatic carbocycles. The number of imide groups is 1. The molecule has 234 valence electrons. The number of carbonyl (C=O) groups is 7. The molecule has 2 rings (SSSR count). The molecule has 1 aliphatic rings. The van der Waals surface area contributed by atoms with Crippen molar-refractivity contribution in [2.24, 2.45) is 11.7 Å². The molecule has 0 bridgehead atoms. The molecule has 7 N–H and O–H groups in total. The average molecular weight is 600 g/mol. The molecule has 0 unspecified atom stereocenters. The third-order valence-corrected chi connectivity index (χ3v) is 6.61. The van der Waals surface area contributed by atoms with E-state index in [2.05, 4.69) is 26.6 Å². The van der Waals surface area contributed by atoms with Crippen molar-refractivity contribution >= 4 is 47.0 Å². The van der Waals surface area contributed by atoms with Crippen molar-refractivity contribution in [1.29, 1.82) is 0 Å². The Morgan fingerprint density at radius 3 is 2.09 bits per heavy atom. The Kier molecular flexibility index (Phi) is 14.0. The monoisotopic (exact) mass is 599 g/mol. The van der Waals surface area contributed by atoms with E-state index in [0.717, 1.165) is 4.90 Å². The second-order valence-electron chi connectivity index (χ2n) is 10.4. The lowest BCUT2D eigenvalue weighted by Gasteiger charge is -2.25. The molecule has 0 saturated heterocycles. The van der Waals surface area contributed by atoms with E-state index in [-0.39, 0.29) is 56.6 Å². The van der Waals surface area contributed by atoms with E-state index < -0.39 is 41.7 Å². The van der Waals surface area contributed by atoms with E-state index in [0.29, 0.717) is 24.1 Å². The van der Waals surface area contributed by atoms with Crippen LogP contribution >= 0.6 is 0 Å². The van der Waals surface area contributed by atoms with Crippen molar-refractivity contribution in [3.05, 3.63) is 42.0 Å². The van der Waals surface area contributed by atoms with E-state index in [1.165, 1.54) is 19.1 Å². The number of primary amides is 1. The summed E-state index contributed by atoms with van der Waals surface area (Å²) in [7, 11) is 0. The summed E-state index contributed by atoms with van der Waals surface area (Å²) in [5.41, 5.74) is 6.06. The lowest BCUT2D eigenvalue weighted by atomic mass is 10.0. The van der Waals surface area contributed by atoms with Gasteiger partial charge in [0.15, 0.2) is 5.78 Å². The highest BCUT2D eigenvalue weighted by atomic mass is 16.2. The normalized spacial score (nSPS) is 13.9. The molecule has 0 spiro atoms. The summed E-state index contributed by atoms with van der Waals surface area (Å²) in [6, 6.07) is 4.07. The number of anilines is 1. The Hall–Kier alpha value is -4.59. The fraction of sp³-hybridized carbons (Fsp3) is 0.483. The van der Waals surface area contributed by atoms with Crippen LogP contribution in [0.15, 0.2) is 36.4 Å². The summed E-state index contributed by atoms with van der Waals surface area (Å²) >= 11 is 0. The number of Topliss-reactive ketones (excluding diaryl/α,β-unsaturated/α-hetero) is 1. The quantitative estimate of drug-likeness (QED) is 0.0778. The van der Waals surface area contributed by atoms with Gasteiger partial charge in [-0.1, -0.05) is 13.8 Å². The van der Waals surface area contributed by atoms with Crippen LogP contribution < -0.4 is 32.3 Å². The lowest BCUT2D eigenvalue weighted by molar-refractivity contribution is -0.137. The number of nitrogens with zero attached hydrogens (tertiary/aromatic N) is 1. The summed E-state index contributed by atoms with van der Waals surface area (Å²) in [4.78, 5) is 85.3. The van der Waals surface area contributed by atoms with Crippen LogP contribution in [-0.4, -0.2) is 84.5 Å². The van der Waals surface area contributed by atoms with Crippen molar-refractivity contribution in [2.75, 3.05) is 31.5 Å². The molecule has 0 radical (unpaired) electrons. The molecule has 1 aliphatic heterocycles. The first-order valence-electron chi connectivity index (χ1n) is 14.2. The van der Waals surface area contributed by atoms with Crippen LogP contribution in [0.5, 0.6) is 0 Å². The summed E-state index contributed by atoms with van der Waals surface area (Å²) in [6.45, 7) is 6.00. The highest BCUT2D eigenvalue weighted by Gasteiger charge is 2.27. The molecule has 2 atom stereocenters. The third-order valence-electron chi connectivity index (χ3n) is 6.61. The molecule has 0 fully saturated rings. The van der Waals surface area contributed by atoms with Crippen LogP contribution in [0, 0.1) is 5.92 Å². The maximum Gasteiger partial charge on any atom is 0.312 e. The number of ketones is 1. The van der Waals surface area contributed by atoms with Gasteiger partial charge in [0.25, 0.3) is 11.8 Å². The number of carbonyl (C=O) groups excluding carboxylic acids is 7. The first-order chi connectivity index (χ1) is 20.4. The standard InChI is InChI=1S/C29H41N7O7/c1-18(2)26(32-16-15-31-23(38)7-5-17-36-24(39)12-13-25(36)40)28(42)35-22(6-4-14-33-29(30)43)27(41)34-21-10-8-20(9-11-21)19(3)37/h8-13,18,22,26,32H,4-7,14-17H2,1-3H3,(H,31,38)(H,34,41)(H,35,42)(H3,30,33,43)/t22-,26-/m0/s1. The average Bonchev–Trinajstić information content (AvgIpc) is 3.26. The van der Waals surface area contributed by atoms with Crippen molar-refractivity contribution in [1.82, 2.24) is 26.2 Å². The Morgan fingerprint density at radius 2 is 1.51 bits per heavy atom. The van der Waals surface area contributed by atoms with Crippen molar-refractivity contribution in [3.63, 3.8) is 0 Å². The SMILES string of the molecule is CC(=O)c1ccc(NC(=O)[C@H](CCCNC(N)=O)NC(=O)[C@@H](NCCNC(=O)CCCN2C(=O)C=CC2=O)C(C)C)cc1. The van der Waals surface area contributed by atoms with Crippen LogP contribution in [0.25, 0.3) is 0 Å². The Bertz CT molecular complexity index is 1200. The van der Waals surface area contributed by atoms with E-state index in [1.54, 1.807) is 24.3 Å². The maximum absolute atomic E-state index is 13.2. The highest BCUT2D eigenvalue weighted by molar-refractivity contribution is 6.12. The van der Waals surface area contributed by atoms with Gasteiger partial charge in [0.2, 0.25) is 17.7 Å². The largest absolute Gasteiger partial charge is 0.355 e. The Labute approximate surface area is 250 Å². The van der Waals surface area contributed by atoms with Gasteiger partial charge in [-0.2, -0.15) is 0 Å². The number of nitrogens with one attached hydrogen (secondary N) is 5. The van der Waals surface area contributed by atoms with Crippen molar-refractivity contribution in [2.45, 2.75) is 58.5 Å². The molecule has 0 aromatic heterocycles. The number of rotatable bonds is 18. The fourth-order valence-electron chi connectivity index (χ4n) is 4.26. The number of amides is 7. The zero-order chi connectivity index (χ0) is 31.9. The van der Waals surface area contributed by atoms with Gasteiger partial charge in [0.05, 0.1) is 6.04 Å². The van der Waals surface area contributed by atoms with Gasteiger partial charge in [-0.05, 0) is 56.4 Å². The second-order valence-corrected chi connectivity index (χ2v) is 10.4. The van der Waals surface area contributed by atoms with Crippen LogP contribution in [-0.2, 0) is 24.0 Å². The Morgan fingerprint density at radius 1 is 0.860 bits per heavy atom. The molecule has 0 aliphatic carbocycles. The maximum atomic E-state index is 13.2. The first kappa shape index (κ1) is 34.6. The van der Waals surface area contributed by atoms with E-state index in [9.17, 15) is 33.6 Å². The molecule has 0 saturated carbocycles. The van der Waals surface area contributed by atoms with Gasteiger partial charge in [-0.15, -0.1) is 0 Å². The van der Waals surface area contributed by atoms with Crippen LogP contribution in [0.1, 0.15) is 56.8 Å². The summed E-state index contributed by atoms with van der Waals surface area (Å²) in [6.07, 6.45) is 3.43. The molecule has 43 heavy (non-hydrogen) atoms. The van der Waals surface area contributed by atoms with E-state index in [4.69, 9.17) is 5.73 Å². The predicted molar refractivity (Wildman–Crippen MR) is 159 cm³/mol. The smallest absolute Gasteiger partial charge is 0.312 e. The minimum absolute atomic E-state index is 0.109. The molecule has 14 nitrogen and oxygen atoms in total. The zero-order valence-corrected chi connectivity index (χ0v) is 24.7. The molecule has 7 amide bonds. The van der Waals surface area contributed by atoms with Gasteiger partial charge in [-0.25, -0.2) is 4.79 Å². The van der Waals surface area contributed by atoms with Gasteiger partial charge in [0.1, 0.15) is 6.04 Å². The summed E-state index contributed by atoms with van der Waals surface area (Å²) in [5, 5.41) is 13.8. The van der Waals surface area contributed by atoms with Gasteiger partial charge in [-0.3, -0.25) is 33.7 Å². The van der Waals surface area contributed by atoms with Crippen LogP contribution in [0.4, 0.5) is 10.5 Å². The molecule has 14 heteroatoms. The topological polar surface area (TPSA) is 209 Å². The predicted octanol–water partition coefficient (Wildman–Crippen LogP) is 0.197. The second kappa shape index (κ2) is 17.4. The van der Waals surface area contributed by atoms with Crippen molar-refractivity contribution in [3.8, 4) is 0 Å². The number of benzene rings is 1. The molecule has 1 aromatic rings. The van der Waals surface area contributed by atoms with Crippen LogP contribution in [0.3, 0.4) is 0 Å².